The van der Waals surface area contributed by atoms with Crippen molar-refractivity contribution in [2.24, 2.45) is 16.8 Å². The van der Waals surface area contributed by atoms with Crippen molar-refractivity contribution in [1.82, 2.24) is 0 Å². The number of carbonyl (C=O) groups excluding carboxylic acids is 1. The van der Waals surface area contributed by atoms with Gasteiger partial charge in [-0.2, -0.15) is 0 Å². The second kappa shape index (κ2) is 5.27. The van der Waals surface area contributed by atoms with E-state index in [-0.39, 0.29) is 17.7 Å². The minimum Gasteiger partial charge on any atom is -0.409 e. The number of amidine groups is 1. The van der Waals surface area contributed by atoms with Crippen LogP contribution in [0.25, 0.3) is 0 Å². The van der Waals surface area contributed by atoms with Crippen LogP contribution in [-0.4, -0.2) is 17.0 Å². The SMILES string of the molecule is NC(=NO)c1ccc(Cl)c(NC(=O)C2CCC2)c1. The number of oxime groups is 1. The third-order valence-corrected chi connectivity index (χ3v) is 3.43. The van der Waals surface area contributed by atoms with E-state index in [2.05, 4.69) is 10.5 Å². The highest BCUT2D eigenvalue weighted by molar-refractivity contribution is 6.34. The first-order chi connectivity index (χ1) is 8.61. The highest BCUT2D eigenvalue weighted by atomic mass is 35.5. The number of benzene rings is 1. The molecule has 0 spiro atoms. The summed E-state index contributed by atoms with van der Waals surface area (Å²) in [6.45, 7) is 0. The van der Waals surface area contributed by atoms with Crippen LogP contribution >= 0.6 is 11.6 Å². The monoisotopic (exact) mass is 267 g/mol. The Bertz CT molecular complexity index is 498. The van der Waals surface area contributed by atoms with Crippen LogP contribution in [0.5, 0.6) is 0 Å². The summed E-state index contributed by atoms with van der Waals surface area (Å²) in [4.78, 5) is 11.8. The van der Waals surface area contributed by atoms with Gasteiger partial charge in [-0.1, -0.05) is 23.2 Å². The Balaban J connectivity index is 2.18. The minimum atomic E-state index is -0.0280. The molecular formula is C12H14ClN3O2. The third-order valence-electron chi connectivity index (χ3n) is 3.10. The van der Waals surface area contributed by atoms with E-state index in [0.29, 0.717) is 16.3 Å². The largest absolute Gasteiger partial charge is 0.409 e. The van der Waals surface area contributed by atoms with Crippen LogP contribution in [0, 0.1) is 5.92 Å². The predicted octanol–water partition coefficient (Wildman–Crippen LogP) is 2.17. The van der Waals surface area contributed by atoms with Crippen molar-refractivity contribution in [3.05, 3.63) is 28.8 Å². The van der Waals surface area contributed by atoms with Crippen molar-refractivity contribution in [1.29, 1.82) is 0 Å². The molecule has 5 nitrogen and oxygen atoms in total. The molecule has 18 heavy (non-hydrogen) atoms. The lowest BCUT2D eigenvalue weighted by Crippen LogP contribution is -2.28. The number of nitrogens with two attached hydrogens (primary N) is 1. The first-order valence-electron chi connectivity index (χ1n) is 5.70. The van der Waals surface area contributed by atoms with Gasteiger partial charge in [0.2, 0.25) is 5.91 Å². The van der Waals surface area contributed by atoms with Crippen molar-refractivity contribution < 1.29 is 10.0 Å². The summed E-state index contributed by atoms with van der Waals surface area (Å²) in [5.41, 5.74) is 6.47. The zero-order valence-electron chi connectivity index (χ0n) is 9.69. The summed E-state index contributed by atoms with van der Waals surface area (Å²) in [6.07, 6.45) is 2.93. The molecule has 0 bridgehead atoms. The van der Waals surface area contributed by atoms with Gasteiger partial charge in [-0.3, -0.25) is 4.79 Å². The number of hydrogen-bond acceptors (Lipinski definition) is 3. The van der Waals surface area contributed by atoms with Crippen LogP contribution in [-0.2, 0) is 4.79 Å². The molecule has 1 fully saturated rings. The molecule has 0 aliphatic heterocycles. The van der Waals surface area contributed by atoms with Gasteiger partial charge in [-0.25, -0.2) is 0 Å². The summed E-state index contributed by atoms with van der Waals surface area (Å²) in [5.74, 6) is 0.0270. The van der Waals surface area contributed by atoms with Gasteiger partial charge < -0.3 is 16.3 Å². The van der Waals surface area contributed by atoms with Crippen LogP contribution in [0.3, 0.4) is 0 Å². The van der Waals surface area contributed by atoms with E-state index in [1.165, 1.54) is 0 Å². The maximum Gasteiger partial charge on any atom is 0.227 e. The number of amides is 1. The summed E-state index contributed by atoms with van der Waals surface area (Å²) < 4.78 is 0. The lowest BCUT2D eigenvalue weighted by Gasteiger charge is -2.24. The summed E-state index contributed by atoms with van der Waals surface area (Å²) in [7, 11) is 0. The fraction of sp³-hybridized carbons (Fsp3) is 0.333. The second-order valence-corrected chi connectivity index (χ2v) is 4.70. The van der Waals surface area contributed by atoms with Crippen LogP contribution in [0.4, 0.5) is 5.69 Å². The minimum absolute atomic E-state index is 0.0224. The molecule has 0 aromatic heterocycles. The van der Waals surface area contributed by atoms with E-state index in [1.807, 2.05) is 0 Å². The topological polar surface area (TPSA) is 87.7 Å². The molecule has 0 saturated heterocycles. The normalized spacial score (nSPS) is 16.2. The molecule has 0 heterocycles. The average Bonchev–Trinajstić information content (AvgIpc) is 2.28. The Morgan fingerprint density at radius 3 is 2.78 bits per heavy atom. The van der Waals surface area contributed by atoms with Gasteiger partial charge in [0.05, 0.1) is 10.7 Å². The van der Waals surface area contributed by atoms with Crippen molar-refractivity contribution in [2.45, 2.75) is 19.3 Å². The molecular weight excluding hydrogens is 254 g/mol. The van der Waals surface area contributed by atoms with Gasteiger partial charge >= 0.3 is 0 Å². The van der Waals surface area contributed by atoms with Crippen LogP contribution in [0.2, 0.25) is 5.02 Å². The number of nitrogens with zero attached hydrogens (tertiary/aromatic N) is 1. The smallest absolute Gasteiger partial charge is 0.227 e. The first-order valence-corrected chi connectivity index (χ1v) is 6.08. The van der Waals surface area contributed by atoms with Crippen LogP contribution in [0.15, 0.2) is 23.4 Å². The Morgan fingerprint density at radius 2 is 2.22 bits per heavy atom. The average molecular weight is 268 g/mol. The maximum absolute atomic E-state index is 11.8. The quantitative estimate of drug-likeness (QED) is 0.339. The fourth-order valence-corrected chi connectivity index (χ4v) is 1.91. The van der Waals surface area contributed by atoms with E-state index in [0.717, 1.165) is 19.3 Å². The highest BCUT2D eigenvalue weighted by Gasteiger charge is 2.25. The van der Waals surface area contributed by atoms with Gasteiger partial charge in [-0.15, -0.1) is 0 Å². The lowest BCUT2D eigenvalue weighted by atomic mass is 9.85. The van der Waals surface area contributed by atoms with Crippen molar-refractivity contribution in [3.8, 4) is 0 Å². The Hall–Kier alpha value is -1.75. The molecule has 0 radical (unpaired) electrons. The molecule has 2 rings (SSSR count). The van der Waals surface area contributed by atoms with E-state index in [4.69, 9.17) is 22.5 Å². The van der Waals surface area contributed by atoms with Crippen molar-refractivity contribution in [3.63, 3.8) is 0 Å². The van der Waals surface area contributed by atoms with Crippen molar-refractivity contribution >= 4 is 29.0 Å². The molecule has 1 amide bonds. The number of nitrogens with one attached hydrogen (secondary N) is 1. The van der Waals surface area contributed by atoms with E-state index < -0.39 is 0 Å². The number of anilines is 1. The van der Waals surface area contributed by atoms with Gasteiger partial charge in [0.15, 0.2) is 5.84 Å². The summed E-state index contributed by atoms with van der Waals surface area (Å²) >= 11 is 6.00. The molecule has 1 aliphatic carbocycles. The fourth-order valence-electron chi connectivity index (χ4n) is 1.74. The third kappa shape index (κ3) is 2.56. The molecule has 96 valence electrons. The summed E-state index contributed by atoms with van der Waals surface area (Å²) in [6, 6.07) is 4.82. The Morgan fingerprint density at radius 1 is 1.50 bits per heavy atom. The molecule has 0 unspecified atom stereocenters. The molecule has 1 aliphatic rings. The number of hydrogen-bond donors (Lipinski definition) is 3. The predicted molar refractivity (Wildman–Crippen MR) is 69.9 cm³/mol. The lowest BCUT2D eigenvalue weighted by molar-refractivity contribution is -0.122. The van der Waals surface area contributed by atoms with Gasteiger partial charge in [0, 0.05) is 11.5 Å². The molecule has 6 heteroatoms. The van der Waals surface area contributed by atoms with Crippen LogP contribution < -0.4 is 11.1 Å². The van der Waals surface area contributed by atoms with Gasteiger partial charge in [-0.05, 0) is 31.0 Å². The molecule has 1 aromatic carbocycles. The van der Waals surface area contributed by atoms with E-state index >= 15 is 0 Å². The molecule has 0 atom stereocenters. The standard InChI is InChI=1S/C12H14ClN3O2/c13-9-5-4-8(11(14)16-18)6-10(9)15-12(17)7-2-1-3-7/h4-7,18H,1-3H2,(H2,14,16)(H,15,17). The van der Waals surface area contributed by atoms with Crippen LogP contribution in [0.1, 0.15) is 24.8 Å². The van der Waals surface area contributed by atoms with E-state index in [9.17, 15) is 4.79 Å². The number of rotatable bonds is 3. The second-order valence-electron chi connectivity index (χ2n) is 4.30. The molecule has 1 aromatic rings. The highest BCUT2D eigenvalue weighted by Crippen LogP contribution is 2.29. The Kier molecular flexibility index (Phi) is 3.72. The van der Waals surface area contributed by atoms with E-state index in [1.54, 1.807) is 18.2 Å². The van der Waals surface area contributed by atoms with Crippen molar-refractivity contribution in [2.75, 3.05) is 5.32 Å². The molecule has 4 N–H and O–H groups in total. The first kappa shape index (κ1) is 12.7. The summed E-state index contributed by atoms with van der Waals surface area (Å²) in [5, 5.41) is 14.7. The number of halogens is 1. The number of carbonyl (C=O) groups is 1. The molecule has 1 saturated carbocycles. The maximum atomic E-state index is 11.8. The van der Waals surface area contributed by atoms with Gasteiger partial charge in [0.25, 0.3) is 0 Å². The van der Waals surface area contributed by atoms with Gasteiger partial charge in [0.1, 0.15) is 0 Å². The zero-order valence-corrected chi connectivity index (χ0v) is 10.4. The Labute approximate surface area is 110 Å². The zero-order chi connectivity index (χ0) is 13.1.